The van der Waals surface area contributed by atoms with E-state index in [-0.39, 0.29) is 36.7 Å². The summed E-state index contributed by atoms with van der Waals surface area (Å²) in [6, 6.07) is 4.90. The second-order valence-corrected chi connectivity index (χ2v) is 10.3. The van der Waals surface area contributed by atoms with Crippen molar-refractivity contribution in [2.45, 2.75) is 65.6 Å². The Kier molecular flexibility index (Phi) is 11.6. The van der Waals surface area contributed by atoms with Gasteiger partial charge < -0.3 is 36.2 Å². The summed E-state index contributed by atoms with van der Waals surface area (Å²) in [5.74, 6) is -1.46. The van der Waals surface area contributed by atoms with Crippen LogP contribution in [0.1, 0.15) is 52.5 Å². The molecule has 7 N–H and O–H groups in total. The van der Waals surface area contributed by atoms with Crippen molar-refractivity contribution >= 4 is 17.7 Å². The first-order valence-electron chi connectivity index (χ1n) is 12.8. The van der Waals surface area contributed by atoms with Crippen LogP contribution in [-0.4, -0.2) is 57.8 Å². The Balaban J connectivity index is 2.47. The molecule has 2 rings (SSSR count). The number of hydrogen-bond acceptors (Lipinski definition) is 7. The summed E-state index contributed by atoms with van der Waals surface area (Å²) < 4.78 is 5.36. The Labute approximate surface area is 219 Å². The zero-order valence-electron chi connectivity index (χ0n) is 22.2. The molecule has 0 spiro atoms. The van der Waals surface area contributed by atoms with E-state index in [1.807, 2.05) is 13.8 Å². The quantitative estimate of drug-likeness (QED) is 0.264. The molecule has 1 heterocycles. The van der Waals surface area contributed by atoms with Crippen LogP contribution < -0.4 is 11.1 Å². The van der Waals surface area contributed by atoms with Crippen LogP contribution in [0.15, 0.2) is 41.5 Å². The summed E-state index contributed by atoms with van der Waals surface area (Å²) in [7, 11) is 0. The van der Waals surface area contributed by atoms with Crippen molar-refractivity contribution in [3.63, 3.8) is 0 Å². The molecule has 2 bridgehead atoms. The third-order valence-corrected chi connectivity index (χ3v) is 7.09. The third-order valence-electron chi connectivity index (χ3n) is 7.09. The predicted molar refractivity (Wildman–Crippen MR) is 142 cm³/mol. The van der Waals surface area contributed by atoms with Crippen LogP contribution in [0, 0.1) is 23.7 Å². The molecule has 0 saturated carbocycles. The van der Waals surface area contributed by atoms with Crippen LogP contribution >= 0.6 is 0 Å². The molecule has 9 heteroatoms. The minimum atomic E-state index is -0.971. The summed E-state index contributed by atoms with van der Waals surface area (Å²) >= 11 is 0. The molecule has 1 aromatic rings. The van der Waals surface area contributed by atoms with E-state index in [1.165, 1.54) is 6.07 Å². The highest BCUT2D eigenvalue weighted by Crippen LogP contribution is 2.30. The first-order valence-corrected chi connectivity index (χ1v) is 12.8. The Bertz CT molecular complexity index is 991. The topological polar surface area (TPSA) is 162 Å². The molecule has 0 aromatic heterocycles. The largest absolute Gasteiger partial charge is 0.508 e. The summed E-state index contributed by atoms with van der Waals surface area (Å²) in [4.78, 5) is 24.4. The lowest BCUT2D eigenvalue weighted by Gasteiger charge is -2.30. The molecule has 9 nitrogen and oxygen atoms in total. The fourth-order valence-corrected chi connectivity index (χ4v) is 5.02. The van der Waals surface area contributed by atoms with Crippen LogP contribution in [0.25, 0.3) is 0 Å². The van der Waals surface area contributed by atoms with E-state index < -0.39 is 30.1 Å². The average molecular weight is 519 g/mol. The van der Waals surface area contributed by atoms with Crippen molar-refractivity contribution in [2.24, 2.45) is 29.4 Å². The maximum atomic E-state index is 12.7. The van der Waals surface area contributed by atoms with Crippen LogP contribution in [-0.2, 0) is 16.0 Å². The van der Waals surface area contributed by atoms with Crippen LogP contribution in [0.2, 0.25) is 0 Å². The Morgan fingerprint density at radius 2 is 1.84 bits per heavy atom. The zero-order valence-corrected chi connectivity index (χ0v) is 22.2. The summed E-state index contributed by atoms with van der Waals surface area (Å²) in [6.07, 6.45) is 2.73. The van der Waals surface area contributed by atoms with E-state index in [1.54, 1.807) is 38.1 Å². The van der Waals surface area contributed by atoms with Gasteiger partial charge in [0.25, 0.3) is 5.91 Å². The van der Waals surface area contributed by atoms with Gasteiger partial charge in [-0.25, -0.2) is 4.79 Å². The number of rotatable bonds is 3. The number of nitrogens with one attached hydrogen (secondary N) is 1. The van der Waals surface area contributed by atoms with E-state index in [0.29, 0.717) is 48.1 Å². The van der Waals surface area contributed by atoms with Crippen molar-refractivity contribution in [2.75, 3.05) is 18.5 Å². The first-order chi connectivity index (χ1) is 17.5. The van der Waals surface area contributed by atoms with Gasteiger partial charge in [-0.05, 0) is 74.8 Å². The van der Waals surface area contributed by atoms with Crippen molar-refractivity contribution < 1.29 is 34.8 Å². The fourth-order valence-electron chi connectivity index (χ4n) is 5.02. The summed E-state index contributed by atoms with van der Waals surface area (Å²) in [5.41, 5.74) is 7.64. The minimum absolute atomic E-state index is 0.00866. The summed E-state index contributed by atoms with van der Waals surface area (Å²) in [5, 5.41) is 44.4. The molecule has 0 radical (unpaired) electrons. The van der Waals surface area contributed by atoms with Crippen LogP contribution in [0.3, 0.4) is 0 Å². The number of aromatic hydroxyl groups is 1. The molecule has 0 unspecified atom stereocenters. The number of benzene rings is 1. The molecule has 1 aromatic carbocycles. The third kappa shape index (κ3) is 8.87. The summed E-state index contributed by atoms with van der Waals surface area (Å²) in [6.45, 7) is 6.74. The number of allylic oxidation sites excluding steroid dienone is 1. The number of phenolic OH excluding ortho intramolecular Hbond substituents is 1. The lowest BCUT2D eigenvalue weighted by atomic mass is 9.82. The van der Waals surface area contributed by atoms with Gasteiger partial charge in [0.05, 0.1) is 6.10 Å². The number of nitrogens with two attached hydrogens (primary N) is 1. The zero-order chi connectivity index (χ0) is 27.7. The molecule has 0 saturated heterocycles. The maximum Gasteiger partial charge on any atom is 0.405 e. The molecule has 0 aliphatic carbocycles. The Morgan fingerprint density at radius 3 is 2.46 bits per heavy atom. The number of anilines is 1. The van der Waals surface area contributed by atoms with Crippen LogP contribution in [0.4, 0.5) is 10.5 Å². The number of primary amides is 1. The van der Waals surface area contributed by atoms with Crippen molar-refractivity contribution in [3.8, 4) is 5.75 Å². The number of fused-ring (bicyclic) bond motifs is 2. The molecule has 1 aliphatic heterocycles. The van der Waals surface area contributed by atoms with Gasteiger partial charge in [0.2, 0.25) is 0 Å². The number of aliphatic hydroxyl groups is 3. The van der Waals surface area contributed by atoms with E-state index in [2.05, 4.69) is 5.32 Å². The van der Waals surface area contributed by atoms with Crippen LogP contribution in [0.5, 0.6) is 5.75 Å². The molecular formula is C28H42N2O7. The highest BCUT2D eigenvalue weighted by molar-refractivity contribution is 6.03. The number of carbonyl (C=O) groups is 2. The van der Waals surface area contributed by atoms with Crippen molar-refractivity contribution in [1.82, 2.24) is 0 Å². The smallest absolute Gasteiger partial charge is 0.405 e. The number of phenols is 1. The molecule has 1 aliphatic rings. The van der Waals surface area contributed by atoms with Crippen molar-refractivity contribution in [3.05, 3.63) is 47.1 Å². The van der Waals surface area contributed by atoms with Gasteiger partial charge in [-0.2, -0.15) is 0 Å². The molecule has 206 valence electrons. The standard InChI is InChI=1S/C28H42N2O7/c1-16-10-21-13-23(8-9-24(21)33)30-27(35)17(2)6-5-7-20(14-31)26(37-28(29)36)19(4)12-18(3)25(34)22(11-16)15-32/h6,8-9,12-13,16,18,20,22,25-26,31-34H,5,7,10-11,14-15H2,1-4H3,(H2,29,36)(H,30,35)/t16-,18+,20-,22-,25-,26+/m1/s1. The van der Waals surface area contributed by atoms with Gasteiger partial charge in [-0.15, -0.1) is 0 Å². The monoisotopic (exact) mass is 518 g/mol. The number of amides is 2. The fraction of sp³-hybridized carbons (Fsp3) is 0.571. The Morgan fingerprint density at radius 1 is 1.16 bits per heavy atom. The molecule has 2 amide bonds. The average Bonchev–Trinajstić information content (AvgIpc) is 2.84. The van der Waals surface area contributed by atoms with Gasteiger partial charge in [0.15, 0.2) is 0 Å². The number of aliphatic hydroxyl groups excluding tert-OH is 3. The molecule has 37 heavy (non-hydrogen) atoms. The predicted octanol–water partition coefficient (Wildman–Crippen LogP) is 3.26. The van der Waals surface area contributed by atoms with E-state index in [9.17, 15) is 30.0 Å². The molecule has 0 fully saturated rings. The highest BCUT2D eigenvalue weighted by atomic mass is 16.6. The minimum Gasteiger partial charge on any atom is -0.508 e. The maximum absolute atomic E-state index is 12.7. The lowest BCUT2D eigenvalue weighted by Crippen LogP contribution is -2.34. The first kappa shape index (κ1) is 30.3. The van der Waals surface area contributed by atoms with E-state index in [0.717, 1.165) is 0 Å². The second-order valence-electron chi connectivity index (χ2n) is 10.3. The second kappa shape index (κ2) is 14.2. The molecular weight excluding hydrogens is 476 g/mol. The van der Waals surface area contributed by atoms with E-state index >= 15 is 0 Å². The molecule has 6 atom stereocenters. The lowest BCUT2D eigenvalue weighted by molar-refractivity contribution is -0.112. The highest BCUT2D eigenvalue weighted by Gasteiger charge is 2.29. The SMILES string of the molecule is CC1=CCC[C@H](CO)[C@@H](OC(N)=O)C(C)=C[C@H](C)[C@@H](O)[C@@H](CO)C[C@H](C)Cc2cc(ccc2O)NC1=O. The number of hydrogen-bond donors (Lipinski definition) is 6. The van der Waals surface area contributed by atoms with Crippen molar-refractivity contribution in [1.29, 1.82) is 0 Å². The Hall–Kier alpha value is -2.88. The van der Waals surface area contributed by atoms with Gasteiger partial charge >= 0.3 is 6.09 Å². The van der Waals surface area contributed by atoms with Gasteiger partial charge in [-0.1, -0.05) is 26.0 Å². The number of carbonyl (C=O) groups excluding carboxylic acids is 2. The number of ether oxygens (including phenoxy) is 1. The normalized spacial score (nSPS) is 28.6. The van der Waals surface area contributed by atoms with Gasteiger partial charge in [0.1, 0.15) is 11.9 Å². The van der Waals surface area contributed by atoms with Gasteiger partial charge in [0, 0.05) is 42.2 Å². The van der Waals surface area contributed by atoms with Gasteiger partial charge in [-0.3, -0.25) is 4.79 Å². The van der Waals surface area contributed by atoms with E-state index in [4.69, 9.17) is 10.5 Å².